The molecule has 11 heavy (non-hydrogen) atoms. The Morgan fingerprint density at radius 1 is 1.27 bits per heavy atom. The number of hydrogen-bond acceptors (Lipinski definition) is 2. The Labute approximate surface area is 69.2 Å². The smallest absolute Gasteiger partial charge is 0.211 e. The van der Waals surface area contributed by atoms with E-state index < -0.39 is 10.0 Å². The van der Waals surface area contributed by atoms with Crippen LogP contribution in [0.1, 0.15) is 27.7 Å². The maximum atomic E-state index is 11.0. The summed E-state index contributed by atoms with van der Waals surface area (Å²) in [6.07, 6.45) is 0. The van der Waals surface area contributed by atoms with Crippen molar-refractivity contribution in [1.82, 2.24) is 4.72 Å². The van der Waals surface area contributed by atoms with Crippen LogP contribution in [-0.2, 0) is 10.0 Å². The first kappa shape index (κ1) is 10.9. The summed E-state index contributed by atoms with van der Waals surface area (Å²) < 4.78 is 24.6. The number of sulfonamides is 1. The van der Waals surface area contributed by atoms with Gasteiger partial charge in [0.25, 0.3) is 0 Å². The van der Waals surface area contributed by atoms with Crippen molar-refractivity contribution >= 4 is 10.0 Å². The van der Waals surface area contributed by atoms with E-state index in [4.69, 9.17) is 0 Å². The van der Waals surface area contributed by atoms with Gasteiger partial charge in [0, 0.05) is 6.04 Å². The standard InChI is InChI=1S/C7H17NO2S/c1-5-11(9,10)8-7(4)6(2)3/h6-8H,5H2,1-4H3. The van der Waals surface area contributed by atoms with Gasteiger partial charge in [-0.15, -0.1) is 0 Å². The zero-order valence-electron chi connectivity index (χ0n) is 7.59. The summed E-state index contributed by atoms with van der Waals surface area (Å²) in [6.45, 7) is 7.49. The minimum absolute atomic E-state index is 0.0277. The highest BCUT2D eigenvalue weighted by Gasteiger charge is 2.13. The average Bonchev–Trinajstić information content (AvgIpc) is 1.87. The SMILES string of the molecule is CCS(=O)(=O)NC(C)C(C)C. The molecule has 0 aromatic rings. The van der Waals surface area contributed by atoms with Gasteiger partial charge in [0.2, 0.25) is 10.0 Å². The maximum Gasteiger partial charge on any atom is 0.211 e. The molecule has 0 spiro atoms. The fourth-order valence-electron chi connectivity index (χ4n) is 0.503. The lowest BCUT2D eigenvalue weighted by Crippen LogP contribution is -2.36. The van der Waals surface area contributed by atoms with Gasteiger partial charge in [0.05, 0.1) is 5.75 Å². The summed E-state index contributed by atoms with van der Waals surface area (Å²) in [5, 5.41) is 0. The first-order valence-corrected chi connectivity index (χ1v) is 5.54. The molecule has 0 heterocycles. The van der Waals surface area contributed by atoms with Gasteiger partial charge < -0.3 is 0 Å². The quantitative estimate of drug-likeness (QED) is 0.699. The molecule has 4 heteroatoms. The summed E-state index contributed by atoms with van der Waals surface area (Å²) in [5.74, 6) is 0.501. The predicted molar refractivity (Wildman–Crippen MR) is 46.9 cm³/mol. The third kappa shape index (κ3) is 4.37. The molecule has 68 valence electrons. The van der Waals surface area contributed by atoms with Gasteiger partial charge >= 0.3 is 0 Å². The largest absolute Gasteiger partial charge is 0.212 e. The second-order valence-electron chi connectivity index (χ2n) is 3.05. The molecule has 0 amide bonds. The van der Waals surface area contributed by atoms with Gasteiger partial charge in [-0.3, -0.25) is 0 Å². The molecule has 0 saturated heterocycles. The first-order chi connectivity index (χ1) is 4.89. The molecule has 0 aromatic carbocycles. The highest BCUT2D eigenvalue weighted by atomic mass is 32.2. The molecule has 0 saturated carbocycles. The Hall–Kier alpha value is -0.0900. The Morgan fingerprint density at radius 3 is 2.00 bits per heavy atom. The lowest BCUT2D eigenvalue weighted by atomic mass is 10.1. The lowest BCUT2D eigenvalue weighted by Gasteiger charge is -2.16. The summed E-state index contributed by atoms with van der Waals surface area (Å²) in [7, 11) is -3.01. The van der Waals surface area contributed by atoms with Crippen LogP contribution in [0.3, 0.4) is 0 Å². The Bertz CT molecular complexity index is 196. The molecular weight excluding hydrogens is 162 g/mol. The molecule has 0 bridgehead atoms. The second kappa shape index (κ2) is 4.07. The van der Waals surface area contributed by atoms with E-state index >= 15 is 0 Å². The molecule has 1 unspecified atom stereocenters. The van der Waals surface area contributed by atoms with E-state index in [-0.39, 0.29) is 11.8 Å². The molecule has 0 radical (unpaired) electrons. The van der Waals surface area contributed by atoms with E-state index in [0.717, 1.165) is 0 Å². The molecular formula is C7H17NO2S. The molecule has 3 nitrogen and oxygen atoms in total. The van der Waals surface area contributed by atoms with E-state index in [1.165, 1.54) is 0 Å². The molecule has 0 rings (SSSR count). The Kier molecular flexibility index (Phi) is 4.03. The average molecular weight is 179 g/mol. The minimum atomic E-state index is -3.01. The van der Waals surface area contributed by atoms with Crippen LogP contribution >= 0.6 is 0 Å². The van der Waals surface area contributed by atoms with Crippen LogP contribution in [0.25, 0.3) is 0 Å². The summed E-state index contributed by atoms with van der Waals surface area (Å²) in [6, 6.07) is 0.0277. The van der Waals surface area contributed by atoms with Crippen LogP contribution in [-0.4, -0.2) is 20.2 Å². The van der Waals surface area contributed by atoms with Gasteiger partial charge in [-0.2, -0.15) is 0 Å². The summed E-state index contributed by atoms with van der Waals surface area (Å²) in [4.78, 5) is 0. The van der Waals surface area contributed by atoms with E-state index in [0.29, 0.717) is 5.92 Å². The van der Waals surface area contributed by atoms with E-state index in [2.05, 4.69) is 4.72 Å². The first-order valence-electron chi connectivity index (χ1n) is 3.89. The molecule has 0 aliphatic heterocycles. The second-order valence-corrected chi connectivity index (χ2v) is 5.10. The van der Waals surface area contributed by atoms with Crippen molar-refractivity contribution in [3.63, 3.8) is 0 Å². The van der Waals surface area contributed by atoms with E-state index in [9.17, 15) is 8.42 Å². The summed E-state index contributed by atoms with van der Waals surface area (Å²) >= 11 is 0. The molecule has 1 atom stereocenters. The summed E-state index contributed by atoms with van der Waals surface area (Å²) in [5.41, 5.74) is 0. The number of hydrogen-bond donors (Lipinski definition) is 1. The molecule has 1 N–H and O–H groups in total. The van der Waals surface area contributed by atoms with Crippen LogP contribution in [0.15, 0.2) is 0 Å². The lowest BCUT2D eigenvalue weighted by molar-refractivity contribution is 0.477. The fourth-order valence-corrected chi connectivity index (χ4v) is 1.51. The molecule has 0 fully saturated rings. The zero-order chi connectivity index (χ0) is 9.07. The molecule has 0 aliphatic carbocycles. The van der Waals surface area contributed by atoms with Crippen LogP contribution in [0, 0.1) is 5.92 Å². The molecule has 0 aromatic heterocycles. The predicted octanol–water partition coefficient (Wildman–Crippen LogP) is 0.970. The van der Waals surface area contributed by atoms with Gasteiger partial charge in [-0.05, 0) is 19.8 Å². The third-order valence-corrected chi connectivity index (χ3v) is 3.24. The highest BCUT2D eigenvalue weighted by Crippen LogP contribution is 2.01. The molecule has 0 aliphatic rings. The van der Waals surface area contributed by atoms with Crippen LogP contribution in [0.5, 0.6) is 0 Å². The van der Waals surface area contributed by atoms with E-state index in [1.54, 1.807) is 6.92 Å². The van der Waals surface area contributed by atoms with Gasteiger partial charge in [0.1, 0.15) is 0 Å². The van der Waals surface area contributed by atoms with Gasteiger partial charge in [-0.25, -0.2) is 13.1 Å². The Balaban J connectivity index is 4.05. The fraction of sp³-hybridized carbons (Fsp3) is 1.00. The van der Waals surface area contributed by atoms with Crippen molar-refractivity contribution < 1.29 is 8.42 Å². The van der Waals surface area contributed by atoms with Crippen molar-refractivity contribution in [2.75, 3.05) is 5.75 Å². The van der Waals surface area contributed by atoms with Crippen molar-refractivity contribution in [2.45, 2.75) is 33.7 Å². The monoisotopic (exact) mass is 179 g/mol. The van der Waals surface area contributed by atoms with Crippen molar-refractivity contribution in [1.29, 1.82) is 0 Å². The van der Waals surface area contributed by atoms with Crippen LogP contribution < -0.4 is 4.72 Å². The van der Waals surface area contributed by atoms with Crippen LogP contribution in [0.2, 0.25) is 0 Å². The van der Waals surface area contributed by atoms with Crippen molar-refractivity contribution in [2.24, 2.45) is 5.92 Å². The normalized spacial score (nSPS) is 15.4. The number of rotatable bonds is 4. The Morgan fingerprint density at radius 2 is 1.73 bits per heavy atom. The maximum absolute atomic E-state index is 11.0. The van der Waals surface area contributed by atoms with Crippen molar-refractivity contribution in [3.05, 3.63) is 0 Å². The highest BCUT2D eigenvalue weighted by molar-refractivity contribution is 7.89. The van der Waals surface area contributed by atoms with Gasteiger partial charge in [0.15, 0.2) is 0 Å². The van der Waals surface area contributed by atoms with E-state index in [1.807, 2.05) is 20.8 Å². The third-order valence-electron chi connectivity index (χ3n) is 1.75. The van der Waals surface area contributed by atoms with Gasteiger partial charge in [-0.1, -0.05) is 13.8 Å². The number of nitrogens with one attached hydrogen (secondary N) is 1. The minimum Gasteiger partial charge on any atom is -0.212 e. The van der Waals surface area contributed by atoms with Crippen LogP contribution in [0.4, 0.5) is 0 Å². The van der Waals surface area contributed by atoms with Crippen molar-refractivity contribution in [3.8, 4) is 0 Å². The zero-order valence-corrected chi connectivity index (χ0v) is 8.40. The topological polar surface area (TPSA) is 46.2 Å².